The topological polar surface area (TPSA) is 58.0 Å². The van der Waals surface area contributed by atoms with E-state index in [2.05, 4.69) is 20.8 Å². The zero-order valence-corrected chi connectivity index (χ0v) is 10.7. The van der Waals surface area contributed by atoms with Crippen molar-refractivity contribution < 1.29 is 4.74 Å². The number of rotatable bonds is 3. The number of methoxy groups -OCH3 is 1. The predicted molar refractivity (Wildman–Crippen MR) is 73.3 cm³/mol. The molecule has 1 aliphatic heterocycles. The van der Waals surface area contributed by atoms with E-state index in [0.29, 0.717) is 0 Å². The fourth-order valence-electron chi connectivity index (χ4n) is 1.64. The van der Waals surface area contributed by atoms with E-state index in [9.17, 15) is 0 Å². The van der Waals surface area contributed by atoms with Crippen molar-refractivity contribution in [2.75, 3.05) is 20.2 Å². The van der Waals surface area contributed by atoms with Gasteiger partial charge < -0.3 is 10.1 Å². The lowest BCUT2D eigenvalue weighted by Gasteiger charge is -2.13. The highest BCUT2D eigenvalue weighted by atomic mass is 16.5. The van der Waals surface area contributed by atoms with E-state index < -0.39 is 0 Å². The Kier molecular flexibility index (Phi) is 4.17. The van der Waals surface area contributed by atoms with Crippen molar-refractivity contribution in [3.63, 3.8) is 0 Å². The minimum absolute atomic E-state index is 0.745. The molecule has 5 heteroatoms. The summed E-state index contributed by atoms with van der Waals surface area (Å²) >= 11 is 0. The molecule has 1 aliphatic rings. The highest BCUT2D eigenvalue weighted by Crippen LogP contribution is 2.11. The summed E-state index contributed by atoms with van der Waals surface area (Å²) in [6.45, 7) is 3.76. The van der Waals surface area contributed by atoms with E-state index in [1.807, 2.05) is 31.2 Å². The molecule has 0 aromatic heterocycles. The Balaban J connectivity index is 2.00. The molecule has 0 unspecified atom stereocenters. The van der Waals surface area contributed by atoms with Gasteiger partial charge in [-0.2, -0.15) is 5.10 Å². The summed E-state index contributed by atoms with van der Waals surface area (Å²) in [6, 6.07) is 7.81. The van der Waals surface area contributed by atoms with Gasteiger partial charge in [-0.25, -0.2) is 5.43 Å². The molecule has 1 aromatic rings. The summed E-state index contributed by atoms with van der Waals surface area (Å²) < 4.78 is 5.12. The molecular formula is C13H18N4O. The second-order valence-corrected chi connectivity index (χ2v) is 4.05. The molecule has 5 nitrogen and oxygen atoms in total. The zero-order valence-electron chi connectivity index (χ0n) is 10.7. The maximum Gasteiger partial charge on any atom is 0.212 e. The van der Waals surface area contributed by atoms with Gasteiger partial charge in [-0.1, -0.05) is 0 Å². The van der Waals surface area contributed by atoms with Gasteiger partial charge in [0.05, 0.1) is 12.8 Å². The minimum Gasteiger partial charge on any atom is -0.497 e. The first-order valence-corrected chi connectivity index (χ1v) is 6.02. The lowest BCUT2D eigenvalue weighted by Crippen LogP contribution is -2.38. The van der Waals surface area contributed by atoms with Crippen LogP contribution in [0.1, 0.15) is 18.9 Å². The van der Waals surface area contributed by atoms with Crippen LogP contribution in [0.2, 0.25) is 0 Å². The third kappa shape index (κ3) is 3.23. The summed E-state index contributed by atoms with van der Waals surface area (Å²) in [5.41, 5.74) is 4.91. The van der Waals surface area contributed by atoms with Gasteiger partial charge in [0.1, 0.15) is 5.75 Å². The van der Waals surface area contributed by atoms with E-state index in [0.717, 1.165) is 42.5 Å². The molecule has 2 N–H and O–H groups in total. The van der Waals surface area contributed by atoms with Crippen LogP contribution in [-0.4, -0.2) is 31.9 Å². The summed E-state index contributed by atoms with van der Waals surface area (Å²) in [7, 11) is 1.66. The van der Waals surface area contributed by atoms with Crippen molar-refractivity contribution in [2.24, 2.45) is 10.1 Å². The van der Waals surface area contributed by atoms with Crippen molar-refractivity contribution in [2.45, 2.75) is 13.3 Å². The van der Waals surface area contributed by atoms with Crippen LogP contribution in [0.4, 0.5) is 0 Å². The van der Waals surface area contributed by atoms with Gasteiger partial charge in [0.2, 0.25) is 5.96 Å². The largest absolute Gasteiger partial charge is 0.497 e. The van der Waals surface area contributed by atoms with Gasteiger partial charge in [0.15, 0.2) is 0 Å². The summed E-state index contributed by atoms with van der Waals surface area (Å²) in [5.74, 6) is 1.59. The fourth-order valence-corrected chi connectivity index (χ4v) is 1.64. The zero-order chi connectivity index (χ0) is 12.8. The quantitative estimate of drug-likeness (QED) is 0.625. The number of hydrogen-bond donors (Lipinski definition) is 2. The first-order valence-electron chi connectivity index (χ1n) is 6.02. The van der Waals surface area contributed by atoms with Gasteiger partial charge in [-0.05, 0) is 43.2 Å². The average Bonchev–Trinajstić information content (AvgIpc) is 2.46. The monoisotopic (exact) mass is 246 g/mol. The maximum absolute atomic E-state index is 5.12. The maximum atomic E-state index is 5.12. The van der Waals surface area contributed by atoms with Crippen LogP contribution in [0.3, 0.4) is 0 Å². The van der Waals surface area contributed by atoms with Gasteiger partial charge in [-0.3, -0.25) is 4.99 Å². The number of hydrogen-bond acceptors (Lipinski definition) is 5. The molecule has 0 spiro atoms. The normalized spacial score (nSPS) is 15.7. The van der Waals surface area contributed by atoms with E-state index in [1.54, 1.807) is 7.11 Å². The molecule has 96 valence electrons. The Hall–Kier alpha value is -2.04. The molecule has 2 rings (SSSR count). The Labute approximate surface area is 107 Å². The van der Waals surface area contributed by atoms with Crippen LogP contribution in [0.5, 0.6) is 5.75 Å². The molecule has 0 radical (unpaired) electrons. The van der Waals surface area contributed by atoms with Gasteiger partial charge in [-0.15, -0.1) is 0 Å². The van der Waals surface area contributed by atoms with Crippen molar-refractivity contribution in [3.8, 4) is 5.75 Å². The first kappa shape index (κ1) is 12.4. The molecule has 18 heavy (non-hydrogen) atoms. The van der Waals surface area contributed by atoms with Crippen molar-refractivity contribution >= 4 is 11.7 Å². The van der Waals surface area contributed by atoms with Crippen LogP contribution in [-0.2, 0) is 0 Å². The molecular weight excluding hydrogens is 228 g/mol. The number of nitrogens with zero attached hydrogens (tertiary/aromatic N) is 2. The Bertz CT molecular complexity index is 451. The predicted octanol–water partition coefficient (Wildman–Crippen LogP) is 1.36. The van der Waals surface area contributed by atoms with Crippen LogP contribution >= 0.6 is 0 Å². The van der Waals surface area contributed by atoms with E-state index in [4.69, 9.17) is 4.74 Å². The molecule has 0 atom stereocenters. The molecule has 0 amide bonds. The Morgan fingerprint density at radius 2 is 2.17 bits per heavy atom. The van der Waals surface area contributed by atoms with Crippen molar-refractivity contribution in [3.05, 3.63) is 29.8 Å². The number of hydrazone groups is 1. The Morgan fingerprint density at radius 1 is 1.39 bits per heavy atom. The molecule has 1 heterocycles. The van der Waals surface area contributed by atoms with E-state index in [-0.39, 0.29) is 0 Å². The lowest BCUT2D eigenvalue weighted by atomic mass is 10.1. The Morgan fingerprint density at radius 3 is 2.78 bits per heavy atom. The first-order chi connectivity index (χ1) is 8.79. The van der Waals surface area contributed by atoms with E-state index >= 15 is 0 Å². The smallest absolute Gasteiger partial charge is 0.212 e. The minimum atomic E-state index is 0.745. The summed E-state index contributed by atoms with van der Waals surface area (Å²) in [5, 5.41) is 7.46. The van der Waals surface area contributed by atoms with E-state index in [1.165, 1.54) is 0 Å². The molecule has 1 aromatic carbocycles. The number of benzene rings is 1. The third-order valence-electron chi connectivity index (χ3n) is 2.73. The number of guanidine groups is 1. The van der Waals surface area contributed by atoms with Crippen LogP contribution in [0.25, 0.3) is 0 Å². The van der Waals surface area contributed by atoms with Crippen LogP contribution < -0.4 is 15.5 Å². The molecule has 0 fully saturated rings. The second-order valence-electron chi connectivity index (χ2n) is 4.05. The van der Waals surface area contributed by atoms with Crippen molar-refractivity contribution in [1.82, 2.24) is 10.7 Å². The highest BCUT2D eigenvalue weighted by molar-refractivity contribution is 5.99. The summed E-state index contributed by atoms with van der Waals surface area (Å²) in [4.78, 5) is 4.29. The number of aliphatic imine (C=N–C) groups is 1. The lowest BCUT2D eigenvalue weighted by molar-refractivity contribution is 0.415. The molecule has 0 saturated carbocycles. The standard InChI is InChI=1S/C13H18N4O/c1-10(11-4-6-12(18-2)7-5-11)16-17-13-14-8-3-9-15-13/h4-7H,3,8-9H2,1-2H3,(H2,14,15,17)/b16-10+. The van der Waals surface area contributed by atoms with Crippen molar-refractivity contribution in [1.29, 1.82) is 0 Å². The molecule has 0 saturated heterocycles. The van der Waals surface area contributed by atoms with Gasteiger partial charge in [0.25, 0.3) is 0 Å². The number of ether oxygens (including phenoxy) is 1. The molecule has 0 aliphatic carbocycles. The van der Waals surface area contributed by atoms with Crippen LogP contribution in [0, 0.1) is 0 Å². The third-order valence-corrected chi connectivity index (χ3v) is 2.73. The highest BCUT2D eigenvalue weighted by Gasteiger charge is 2.03. The second kappa shape index (κ2) is 6.05. The number of nitrogens with one attached hydrogen (secondary N) is 2. The van der Waals surface area contributed by atoms with Crippen LogP contribution in [0.15, 0.2) is 34.4 Å². The fraction of sp³-hybridized carbons (Fsp3) is 0.385. The van der Waals surface area contributed by atoms with Gasteiger partial charge in [0, 0.05) is 13.1 Å². The SMILES string of the molecule is COc1ccc(/C(C)=N/NC2=NCCCN2)cc1. The van der Waals surface area contributed by atoms with Gasteiger partial charge >= 0.3 is 0 Å². The average molecular weight is 246 g/mol. The summed E-state index contributed by atoms with van der Waals surface area (Å²) in [6.07, 6.45) is 1.08. The molecule has 0 bridgehead atoms.